The van der Waals surface area contributed by atoms with Gasteiger partial charge in [-0.1, -0.05) is 32.9 Å². The fraction of sp³-hybridized carbons (Fsp3) is 0.500. The van der Waals surface area contributed by atoms with Gasteiger partial charge in [-0.15, -0.1) is 0 Å². The largest absolute Gasteiger partial charge is 0.439 e. The minimum atomic E-state index is -5.72. The first-order valence-corrected chi connectivity index (χ1v) is 6.18. The Balaban J connectivity index is 2.97. The van der Waals surface area contributed by atoms with Crippen LogP contribution in [0.4, 0.5) is 26.3 Å². The van der Waals surface area contributed by atoms with Gasteiger partial charge in [0.2, 0.25) is 0 Å². The van der Waals surface area contributed by atoms with Crippen molar-refractivity contribution >= 4 is 5.97 Å². The molecule has 0 aliphatic rings. The van der Waals surface area contributed by atoms with Crippen LogP contribution in [0.15, 0.2) is 24.3 Å². The molecule has 0 heterocycles. The Morgan fingerprint density at radius 1 is 0.909 bits per heavy atom. The molecule has 0 aliphatic carbocycles. The van der Waals surface area contributed by atoms with Crippen molar-refractivity contribution in [2.45, 2.75) is 44.6 Å². The summed E-state index contributed by atoms with van der Waals surface area (Å²) in [4.78, 5) is 11.5. The van der Waals surface area contributed by atoms with Crippen LogP contribution in [0.1, 0.15) is 36.7 Å². The first-order chi connectivity index (χ1) is 9.73. The molecule has 1 aromatic carbocycles. The van der Waals surface area contributed by atoms with Gasteiger partial charge in [0.05, 0.1) is 5.56 Å². The highest BCUT2D eigenvalue weighted by molar-refractivity contribution is 5.89. The topological polar surface area (TPSA) is 26.3 Å². The summed E-state index contributed by atoms with van der Waals surface area (Å²) < 4.78 is 77.5. The first-order valence-electron chi connectivity index (χ1n) is 6.18. The van der Waals surface area contributed by atoms with E-state index in [0.717, 1.165) is 17.7 Å². The lowest BCUT2D eigenvalue weighted by Crippen LogP contribution is -2.45. The van der Waals surface area contributed by atoms with E-state index in [1.165, 1.54) is 12.1 Å². The molecule has 0 saturated heterocycles. The molecule has 0 fully saturated rings. The Morgan fingerprint density at radius 2 is 1.32 bits per heavy atom. The Bertz CT molecular complexity index is 508. The smallest absolute Gasteiger partial charge is 0.434 e. The molecule has 0 saturated carbocycles. The molecule has 22 heavy (non-hydrogen) atoms. The molecule has 0 spiro atoms. The predicted molar refractivity (Wildman–Crippen MR) is 66.5 cm³/mol. The molecule has 0 N–H and O–H groups in total. The van der Waals surface area contributed by atoms with Crippen LogP contribution in [0.3, 0.4) is 0 Å². The Labute approximate surface area is 123 Å². The number of hydrogen-bond donors (Lipinski definition) is 0. The number of carbonyl (C=O) groups excluding carboxylic acids is 1. The van der Waals surface area contributed by atoms with E-state index in [1.54, 1.807) is 0 Å². The van der Waals surface area contributed by atoms with Crippen LogP contribution in [-0.4, -0.2) is 24.4 Å². The minimum Gasteiger partial charge on any atom is -0.439 e. The third-order valence-electron chi connectivity index (χ3n) is 2.81. The monoisotopic (exact) mass is 328 g/mol. The summed E-state index contributed by atoms with van der Waals surface area (Å²) in [6.07, 6.45) is -15.6. The van der Waals surface area contributed by atoms with Crippen molar-refractivity contribution in [3.63, 3.8) is 0 Å². The Morgan fingerprint density at radius 3 is 1.64 bits per heavy atom. The maximum absolute atomic E-state index is 12.3. The molecular weight excluding hydrogens is 314 g/mol. The maximum Gasteiger partial charge on any atom is 0.434 e. The van der Waals surface area contributed by atoms with Crippen molar-refractivity contribution in [3.8, 4) is 0 Å². The normalized spacial score (nSPS) is 13.4. The number of hydrogen-bond acceptors (Lipinski definition) is 2. The molecule has 0 radical (unpaired) electrons. The van der Waals surface area contributed by atoms with Crippen LogP contribution in [0.5, 0.6) is 0 Å². The number of alkyl halides is 6. The van der Waals surface area contributed by atoms with E-state index in [9.17, 15) is 31.1 Å². The summed E-state index contributed by atoms with van der Waals surface area (Å²) in [6.45, 7) is 5.59. The lowest BCUT2D eigenvalue weighted by atomic mass is 9.87. The molecular formula is C14H14F6O2. The van der Waals surface area contributed by atoms with Gasteiger partial charge in [-0.3, -0.25) is 0 Å². The molecule has 124 valence electrons. The third-order valence-corrected chi connectivity index (χ3v) is 2.81. The van der Waals surface area contributed by atoms with Crippen LogP contribution in [0, 0.1) is 0 Å². The molecule has 0 aliphatic heterocycles. The van der Waals surface area contributed by atoms with Gasteiger partial charge in [0.15, 0.2) is 0 Å². The van der Waals surface area contributed by atoms with E-state index >= 15 is 0 Å². The molecule has 0 unspecified atom stereocenters. The lowest BCUT2D eigenvalue weighted by molar-refractivity contribution is -0.307. The third kappa shape index (κ3) is 4.64. The van der Waals surface area contributed by atoms with Crippen LogP contribution in [0.25, 0.3) is 0 Å². The second-order valence-corrected chi connectivity index (χ2v) is 5.70. The van der Waals surface area contributed by atoms with Crippen molar-refractivity contribution in [2.75, 3.05) is 0 Å². The second-order valence-electron chi connectivity index (χ2n) is 5.70. The van der Waals surface area contributed by atoms with Crippen molar-refractivity contribution in [1.82, 2.24) is 0 Å². The molecule has 1 aromatic rings. The van der Waals surface area contributed by atoms with E-state index in [0.29, 0.717) is 0 Å². The number of carbonyl (C=O) groups is 1. The van der Waals surface area contributed by atoms with Gasteiger partial charge >= 0.3 is 18.3 Å². The number of halogens is 6. The highest BCUT2D eigenvalue weighted by Crippen LogP contribution is 2.36. The average Bonchev–Trinajstić information content (AvgIpc) is 2.32. The number of rotatable bonds is 2. The SMILES string of the molecule is CC(C)(C)c1ccc(C(=O)OC(C(F)(F)F)C(F)(F)F)cc1. The highest BCUT2D eigenvalue weighted by Gasteiger charge is 2.59. The van der Waals surface area contributed by atoms with Crippen LogP contribution < -0.4 is 0 Å². The van der Waals surface area contributed by atoms with Gasteiger partial charge in [0, 0.05) is 0 Å². The quantitative estimate of drug-likeness (QED) is 0.584. The fourth-order valence-corrected chi connectivity index (χ4v) is 1.60. The predicted octanol–water partition coefficient (Wildman–Crippen LogP) is 4.63. The standard InChI is InChI=1S/C14H14F6O2/c1-12(2,3)9-6-4-8(5-7-9)10(21)22-11(13(15,16)17)14(18,19)20/h4-7,11H,1-3H3. The molecule has 0 atom stereocenters. The van der Waals surface area contributed by atoms with E-state index in [2.05, 4.69) is 4.74 Å². The summed E-state index contributed by atoms with van der Waals surface area (Å²) >= 11 is 0. The van der Waals surface area contributed by atoms with Crippen molar-refractivity contribution < 1.29 is 35.9 Å². The molecule has 0 bridgehead atoms. The number of ether oxygens (including phenoxy) is 1. The molecule has 1 rings (SSSR count). The van der Waals surface area contributed by atoms with Gasteiger partial charge in [0.1, 0.15) is 0 Å². The number of benzene rings is 1. The van der Waals surface area contributed by atoms with E-state index in [4.69, 9.17) is 0 Å². The summed E-state index contributed by atoms with van der Waals surface area (Å²) in [5, 5.41) is 0. The summed E-state index contributed by atoms with van der Waals surface area (Å²) in [5.74, 6) is -1.68. The van der Waals surface area contributed by atoms with Crippen molar-refractivity contribution in [1.29, 1.82) is 0 Å². The zero-order valence-corrected chi connectivity index (χ0v) is 12.0. The number of esters is 1. The molecule has 8 heteroatoms. The first kappa shape index (κ1) is 18.3. The summed E-state index contributed by atoms with van der Waals surface area (Å²) in [7, 11) is 0. The fourth-order valence-electron chi connectivity index (χ4n) is 1.60. The van der Waals surface area contributed by atoms with Gasteiger partial charge in [0.25, 0.3) is 6.10 Å². The highest BCUT2D eigenvalue weighted by atomic mass is 19.4. The Kier molecular flexibility index (Phi) is 4.84. The van der Waals surface area contributed by atoms with E-state index < -0.39 is 24.4 Å². The van der Waals surface area contributed by atoms with Gasteiger partial charge in [-0.2, -0.15) is 26.3 Å². The zero-order chi connectivity index (χ0) is 17.3. The molecule has 0 aromatic heterocycles. The van der Waals surface area contributed by atoms with Gasteiger partial charge < -0.3 is 4.74 Å². The molecule has 0 amide bonds. The minimum absolute atomic E-state index is 0.275. The van der Waals surface area contributed by atoms with Crippen LogP contribution in [0.2, 0.25) is 0 Å². The van der Waals surface area contributed by atoms with E-state index in [-0.39, 0.29) is 11.0 Å². The van der Waals surface area contributed by atoms with Gasteiger partial charge in [-0.05, 0) is 23.1 Å². The average molecular weight is 328 g/mol. The second kappa shape index (κ2) is 5.81. The molecule has 2 nitrogen and oxygen atoms in total. The van der Waals surface area contributed by atoms with Crippen molar-refractivity contribution in [3.05, 3.63) is 35.4 Å². The van der Waals surface area contributed by atoms with Gasteiger partial charge in [-0.25, -0.2) is 4.79 Å². The van der Waals surface area contributed by atoms with Crippen LogP contribution in [-0.2, 0) is 10.2 Å². The van der Waals surface area contributed by atoms with Crippen LogP contribution >= 0.6 is 0 Å². The zero-order valence-electron chi connectivity index (χ0n) is 12.0. The van der Waals surface area contributed by atoms with Crippen molar-refractivity contribution in [2.24, 2.45) is 0 Å². The summed E-state index contributed by atoms with van der Waals surface area (Å²) in [5.41, 5.74) is 0.113. The summed E-state index contributed by atoms with van der Waals surface area (Å²) in [6, 6.07) is 5.17. The lowest BCUT2D eigenvalue weighted by Gasteiger charge is -2.23. The van der Waals surface area contributed by atoms with E-state index in [1.807, 2.05) is 20.8 Å². The Hall–Kier alpha value is -1.73. The maximum atomic E-state index is 12.3.